The first-order valence-corrected chi connectivity index (χ1v) is 20.7. The molecule has 0 unspecified atom stereocenters. The Bertz CT molecular complexity index is 1790. The number of aliphatic hydroxyl groups excluding tert-OH is 1. The SMILES string of the molecule is CC(C)N(CC[C@H](c1ccccc1)c1cc(CCCCCOc2ccc(CCNC[C@H](O)c3ccc(O)c(NS(C)(=O)=O)c3)cc2)ccc1O)C(C)C. The summed E-state index contributed by atoms with van der Waals surface area (Å²) in [5, 5.41) is 34.7. The number of aromatic hydroxyl groups is 2. The van der Waals surface area contributed by atoms with E-state index in [0.29, 0.717) is 36.5 Å². The van der Waals surface area contributed by atoms with Gasteiger partial charge in [-0.2, -0.15) is 0 Å². The molecule has 0 fully saturated rings. The molecule has 0 saturated carbocycles. The average molecular weight is 746 g/mol. The van der Waals surface area contributed by atoms with Crippen molar-refractivity contribution in [2.24, 2.45) is 0 Å². The molecule has 288 valence electrons. The predicted molar refractivity (Wildman–Crippen MR) is 216 cm³/mol. The number of unbranched alkanes of at least 4 members (excludes halogenated alkanes) is 2. The second kappa shape index (κ2) is 20.4. The fourth-order valence-electron chi connectivity index (χ4n) is 6.80. The third-order valence-corrected chi connectivity index (χ3v) is 10.2. The van der Waals surface area contributed by atoms with E-state index in [-0.39, 0.29) is 23.9 Å². The predicted octanol–water partition coefficient (Wildman–Crippen LogP) is 7.77. The van der Waals surface area contributed by atoms with Gasteiger partial charge in [-0.15, -0.1) is 0 Å². The number of nitrogens with zero attached hydrogens (tertiary/aromatic N) is 1. The summed E-state index contributed by atoms with van der Waals surface area (Å²) in [6, 6.07) is 30.0. The highest BCUT2D eigenvalue weighted by atomic mass is 32.2. The minimum absolute atomic E-state index is 0.0354. The van der Waals surface area contributed by atoms with Crippen LogP contribution >= 0.6 is 0 Å². The highest BCUT2D eigenvalue weighted by molar-refractivity contribution is 7.92. The standard InChI is InChI=1S/C43H59N3O6S/c1-31(2)46(32(3)4)26-24-38(35-13-9-6-10-14-35)39-28-34(17-21-41(39)47)12-8-7-11-27-52-37-19-15-33(16-20-37)23-25-44-30-43(49)36-18-22-42(48)40(29-36)45-53(5,50)51/h6,9-10,13-22,28-29,31-32,38,43-45,47-49H,7-8,11-12,23-27,30H2,1-5H3/t38-,43+/m1/s1. The van der Waals surface area contributed by atoms with Crippen molar-refractivity contribution in [2.45, 2.75) is 90.3 Å². The maximum atomic E-state index is 11.5. The molecule has 9 nitrogen and oxygen atoms in total. The van der Waals surface area contributed by atoms with Crippen LogP contribution in [0.1, 0.15) is 93.2 Å². The normalized spacial score (nSPS) is 13.1. The van der Waals surface area contributed by atoms with Crippen molar-refractivity contribution in [2.75, 3.05) is 37.2 Å². The molecule has 2 atom stereocenters. The Morgan fingerprint density at radius 3 is 2.11 bits per heavy atom. The smallest absolute Gasteiger partial charge is 0.229 e. The Morgan fingerprint density at radius 2 is 1.43 bits per heavy atom. The summed E-state index contributed by atoms with van der Waals surface area (Å²) < 4.78 is 31.4. The summed E-state index contributed by atoms with van der Waals surface area (Å²) in [5.41, 5.74) is 5.17. The minimum Gasteiger partial charge on any atom is -0.508 e. The second-order valence-corrected chi connectivity index (χ2v) is 16.2. The van der Waals surface area contributed by atoms with Gasteiger partial charge in [-0.1, -0.05) is 60.7 Å². The highest BCUT2D eigenvalue weighted by Crippen LogP contribution is 2.35. The Kier molecular flexibility index (Phi) is 16.0. The quantitative estimate of drug-likeness (QED) is 0.0408. The second-order valence-electron chi connectivity index (χ2n) is 14.5. The molecule has 0 aliphatic heterocycles. The van der Waals surface area contributed by atoms with Crippen LogP contribution in [-0.2, 0) is 22.9 Å². The molecule has 0 spiro atoms. The van der Waals surface area contributed by atoms with Crippen LogP contribution in [0.3, 0.4) is 0 Å². The van der Waals surface area contributed by atoms with E-state index in [9.17, 15) is 23.7 Å². The van der Waals surface area contributed by atoms with Crippen LogP contribution < -0.4 is 14.8 Å². The topological polar surface area (TPSA) is 131 Å². The van der Waals surface area contributed by atoms with Crippen molar-refractivity contribution in [3.8, 4) is 17.2 Å². The largest absolute Gasteiger partial charge is 0.508 e. The van der Waals surface area contributed by atoms with E-state index < -0.39 is 16.1 Å². The minimum atomic E-state index is -3.56. The highest BCUT2D eigenvalue weighted by Gasteiger charge is 2.22. The zero-order valence-corrected chi connectivity index (χ0v) is 32.8. The number of hydrogen-bond donors (Lipinski definition) is 5. The number of hydrogen-bond acceptors (Lipinski definition) is 8. The van der Waals surface area contributed by atoms with E-state index in [1.165, 1.54) is 23.3 Å². The van der Waals surface area contributed by atoms with Crippen molar-refractivity contribution in [1.82, 2.24) is 10.2 Å². The molecule has 0 amide bonds. The van der Waals surface area contributed by atoms with Crippen molar-refractivity contribution < 1.29 is 28.5 Å². The fraction of sp³-hybridized carbons (Fsp3) is 0.442. The van der Waals surface area contributed by atoms with Crippen LogP contribution in [0.4, 0.5) is 5.69 Å². The maximum Gasteiger partial charge on any atom is 0.229 e. The molecule has 5 N–H and O–H groups in total. The fourth-order valence-corrected chi connectivity index (χ4v) is 7.36. The van der Waals surface area contributed by atoms with Crippen LogP contribution in [-0.4, -0.2) is 73.2 Å². The summed E-state index contributed by atoms with van der Waals surface area (Å²) >= 11 is 0. The Morgan fingerprint density at radius 1 is 0.755 bits per heavy atom. The Labute approximate surface area is 317 Å². The third kappa shape index (κ3) is 13.7. The third-order valence-electron chi connectivity index (χ3n) is 9.60. The van der Waals surface area contributed by atoms with Gasteiger partial charge in [-0.25, -0.2) is 8.42 Å². The zero-order valence-electron chi connectivity index (χ0n) is 32.0. The van der Waals surface area contributed by atoms with E-state index in [2.05, 4.69) is 79.0 Å². The molecule has 0 saturated heterocycles. The van der Waals surface area contributed by atoms with Gasteiger partial charge in [0.15, 0.2) is 0 Å². The molecule has 0 heterocycles. The summed E-state index contributed by atoms with van der Waals surface area (Å²) in [4.78, 5) is 2.52. The number of anilines is 1. The van der Waals surface area contributed by atoms with E-state index >= 15 is 0 Å². The van der Waals surface area contributed by atoms with Gasteiger partial charge in [-0.05, 0) is 132 Å². The number of aryl methyl sites for hydroxylation is 1. The number of aliphatic hydroxyl groups is 1. The van der Waals surface area contributed by atoms with Gasteiger partial charge in [-0.3, -0.25) is 9.62 Å². The summed E-state index contributed by atoms with van der Waals surface area (Å²) in [5.74, 6) is 1.13. The lowest BCUT2D eigenvalue weighted by Gasteiger charge is -2.32. The first-order valence-electron chi connectivity index (χ1n) is 18.8. The lowest BCUT2D eigenvalue weighted by molar-refractivity contribution is 0.170. The summed E-state index contributed by atoms with van der Waals surface area (Å²) in [6.07, 6.45) is 5.85. The summed E-state index contributed by atoms with van der Waals surface area (Å²) in [7, 11) is -3.56. The molecule has 0 bridgehead atoms. The lowest BCUT2D eigenvalue weighted by atomic mass is 9.86. The Balaban J connectivity index is 1.18. The maximum absolute atomic E-state index is 11.5. The molecule has 0 aliphatic carbocycles. The number of rotatable bonds is 22. The van der Waals surface area contributed by atoms with Crippen LogP contribution in [0.5, 0.6) is 17.2 Å². The average Bonchev–Trinajstić information content (AvgIpc) is 3.11. The first-order chi connectivity index (χ1) is 25.3. The molecule has 0 radical (unpaired) electrons. The van der Waals surface area contributed by atoms with Crippen molar-refractivity contribution in [3.63, 3.8) is 0 Å². The molecular weight excluding hydrogens is 687 g/mol. The molecular formula is C43H59N3O6S. The van der Waals surface area contributed by atoms with Crippen molar-refractivity contribution in [1.29, 1.82) is 0 Å². The molecule has 10 heteroatoms. The molecule has 53 heavy (non-hydrogen) atoms. The summed E-state index contributed by atoms with van der Waals surface area (Å²) in [6.45, 7) is 11.5. The molecule has 4 aromatic rings. The number of phenolic OH excluding ortho intramolecular Hbond substituents is 2. The van der Waals surface area contributed by atoms with E-state index in [0.717, 1.165) is 68.2 Å². The zero-order chi connectivity index (χ0) is 38.4. The molecule has 4 aromatic carbocycles. The lowest BCUT2D eigenvalue weighted by Crippen LogP contribution is -2.38. The van der Waals surface area contributed by atoms with E-state index in [1.54, 1.807) is 6.07 Å². The van der Waals surface area contributed by atoms with E-state index in [1.807, 2.05) is 36.4 Å². The first kappa shape index (κ1) is 41.7. The van der Waals surface area contributed by atoms with Gasteiger partial charge in [0.05, 0.1) is 24.7 Å². The van der Waals surface area contributed by atoms with Crippen LogP contribution in [0.2, 0.25) is 0 Å². The van der Waals surface area contributed by atoms with Crippen molar-refractivity contribution in [3.05, 3.63) is 119 Å². The van der Waals surface area contributed by atoms with Gasteiger partial charge in [0, 0.05) is 30.1 Å². The number of benzene rings is 4. The van der Waals surface area contributed by atoms with Crippen LogP contribution in [0.15, 0.2) is 91.0 Å². The number of phenols is 2. The monoisotopic (exact) mass is 745 g/mol. The van der Waals surface area contributed by atoms with Gasteiger partial charge >= 0.3 is 0 Å². The van der Waals surface area contributed by atoms with E-state index in [4.69, 9.17) is 4.74 Å². The molecule has 4 rings (SSSR count). The van der Waals surface area contributed by atoms with Crippen LogP contribution in [0.25, 0.3) is 0 Å². The number of sulfonamides is 1. The van der Waals surface area contributed by atoms with Crippen LogP contribution in [0, 0.1) is 0 Å². The Hall–Kier alpha value is -4.09. The van der Waals surface area contributed by atoms with Gasteiger partial charge in [0.1, 0.15) is 17.2 Å². The van der Waals surface area contributed by atoms with Gasteiger partial charge in [0.2, 0.25) is 10.0 Å². The molecule has 0 aliphatic rings. The van der Waals surface area contributed by atoms with Crippen molar-refractivity contribution >= 4 is 15.7 Å². The molecule has 0 aromatic heterocycles. The number of ether oxygens (including phenoxy) is 1. The van der Waals surface area contributed by atoms with Gasteiger partial charge < -0.3 is 25.4 Å². The number of nitrogens with one attached hydrogen (secondary N) is 2. The van der Waals surface area contributed by atoms with Gasteiger partial charge in [0.25, 0.3) is 0 Å².